The molecule has 1 aliphatic rings. The number of allylic oxidation sites excluding steroid dienone is 1. The Morgan fingerprint density at radius 3 is 2.42 bits per heavy atom. The van der Waals surface area contributed by atoms with E-state index in [9.17, 15) is 0 Å². The van der Waals surface area contributed by atoms with Gasteiger partial charge in [0.2, 0.25) is 0 Å². The van der Waals surface area contributed by atoms with Gasteiger partial charge in [0, 0.05) is 39.5 Å². The maximum Gasteiger partial charge on any atom is 0.0681 e. The number of rotatable bonds is 3. The summed E-state index contributed by atoms with van der Waals surface area (Å²) in [6, 6.07) is 25.8. The van der Waals surface area contributed by atoms with E-state index in [2.05, 4.69) is 104 Å². The van der Waals surface area contributed by atoms with Gasteiger partial charge in [-0.25, -0.2) is 0 Å². The molecular formula is C30H27N3. The van der Waals surface area contributed by atoms with Crippen LogP contribution in [0.5, 0.6) is 0 Å². The lowest BCUT2D eigenvalue weighted by molar-refractivity contribution is 0.747. The zero-order valence-corrected chi connectivity index (χ0v) is 19.3. The molecule has 0 radical (unpaired) electrons. The SMILES string of the molecule is CCn1c2ccc(N)cc2c2cc(/C=C/C3=Nc4ccc5ccccc5c4C3(C)C)ccc21. The second kappa shape index (κ2) is 7.08. The molecule has 33 heavy (non-hydrogen) atoms. The molecule has 0 bridgehead atoms. The summed E-state index contributed by atoms with van der Waals surface area (Å²) >= 11 is 0. The first-order chi connectivity index (χ1) is 16.0. The third kappa shape index (κ3) is 2.92. The van der Waals surface area contributed by atoms with Crippen LogP contribution in [0.2, 0.25) is 0 Å². The second-order valence-electron chi connectivity index (χ2n) is 9.43. The van der Waals surface area contributed by atoms with Gasteiger partial charge in [0.05, 0.1) is 11.4 Å². The molecule has 1 aliphatic heterocycles. The van der Waals surface area contributed by atoms with Crippen molar-refractivity contribution >= 4 is 55.7 Å². The zero-order chi connectivity index (χ0) is 22.7. The molecule has 2 heterocycles. The van der Waals surface area contributed by atoms with Crippen LogP contribution in [0.4, 0.5) is 11.4 Å². The summed E-state index contributed by atoms with van der Waals surface area (Å²) in [5, 5.41) is 5.00. The average Bonchev–Trinajstić information content (AvgIpc) is 3.27. The molecule has 3 nitrogen and oxygen atoms in total. The fourth-order valence-corrected chi connectivity index (χ4v) is 5.41. The first-order valence-corrected chi connectivity index (χ1v) is 11.6. The molecule has 162 valence electrons. The maximum atomic E-state index is 6.12. The molecule has 0 fully saturated rings. The number of fused-ring (bicyclic) bond motifs is 6. The molecular weight excluding hydrogens is 402 g/mol. The van der Waals surface area contributed by atoms with Crippen molar-refractivity contribution in [3.05, 3.63) is 90.0 Å². The quantitative estimate of drug-likeness (QED) is 0.294. The van der Waals surface area contributed by atoms with Gasteiger partial charge >= 0.3 is 0 Å². The highest BCUT2D eigenvalue weighted by molar-refractivity contribution is 6.14. The van der Waals surface area contributed by atoms with Crippen molar-refractivity contribution in [1.29, 1.82) is 0 Å². The highest BCUT2D eigenvalue weighted by Crippen LogP contribution is 2.44. The molecule has 0 unspecified atom stereocenters. The highest BCUT2D eigenvalue weighted by Gasteiger charge is 2.34. The van der Waals surface area contributed by atoms with Gasteiger partial charge in [-0.05, 0) is 71.3 Å². The van der Waals surface area contributed by atoms with Crippen molar-refractivity contribution in [2.45, 2.75) is 32.7 Å². The molecule has 1 aromatic heterocycles. The minimum atomic E-state index is -0.149. The Labute approximate surface area is 193 Å². The Hall–Kier alpha value is -3.85. The van der Waals surface area contributed by atoms with Crippen molar-refractivity contribution in [2.24, 2.45) is 4.99 Å². The minimum absolute atomic E-state index is 0.149. The van der Waals surface area contributed by atoms with E-state index >= 15 is 0 Å². The number of nitrogens with two attached hydrogens (primary N) is 1. The Morgan fingerprint density at radius 2 is 1.61 bits per heavy atom. The van der Waals surface area contributed by atoms with E-state index in [0.29, 0.717) is 0 Å². The summed E-state index contributed by atoms with van der Waals surface area (Å²) < 4.78 is 2.35. The fourth-order valence-electron chi connectivity index (χ4n) is 5.41. The maximum absolute atomic E-state index is 6.12. The van der Waals surface area contributed by atoms with E-state index in [4.69, 9.17) is 10.7 Å². The molecule has 4 aromatic carbocycles. The Balaban J connectivity index is 1.43. The van der Waals surface area contributed by atoms with E-state index in [1.165, 1.54) is 43.7 Å². The van der Waals surface area contributed by atoms with Crippen LogP contribution in [-0.2, 0) is 12.0 Å². The van der Waals surface area contributed by atoms with E-state index in [-0.39, 0.29) is 5.41 Å². The molecule has 0 saturated heterocycles. The standard InChI is InChI=1S/C30H27N3/c1-4-33-26-14-9-19(17-23(26)24-18-21(31)12-15-27(24)33)10-16-28-30(2,3)29-22-8-6-5-7-20(22)11-13-25(29)32-28/h5-18H,4,31H2,1-3H3/b16-10+. The summed E-state index contributed by atoms with van der Waals surface area (Å²) in [5.41, 5.74) is 13.9. The number of anilines is 1. The van der Waals surface area contributed by atoms with Crippen molar-refractivity contribution in [2.75, 3.05) is 5.73 Å². The number of hydrogen-bond donors (Lipinski definition) is 1. The predicted molar refractivity (Wildman–Crippen MR) is 143 cm³/mol. The molecule has 0 saturated carbocycles. The normalized spacial score (nSPS) is 15.1. The second-order valence-corrected chi connectivity index (χ2v) is 9.43. The lowest BCUT2D eigenvalue weighted by Crippen LogP contribution is -2.24. The van der Waals surface area contributed by atoms with Crippen LogP contribution in [0.3, 0.4) is 0 Å². The van der Waals surface area contributed by atoms with Gasteiger partial charge in [-0.15, -0.1) is 0 Å². The molecule has 2 N–H and O–H groups in total. The van der Waals surface area contributed by atoms with Gasteiger partial charge in [-0.1, -0.05) is 56.3 Å². The number of hydrogen-bond acceptors (Lipinski definition) is 2. The fraction of sp³-hybridized carbons (Fsp3) is 0.167. The van der Waals surface area contributed by atoms with E-state index < -0.39 is 0 Å². The Bertz CT molecular complexity index is 1630. The van der Waals surface area contributed by atoms with Gasteiger partial charge in [-0.3, -0.25) is 4.99 Å². The molecule has 3 heteroatoms. The lowest BCUT2D eigenvalue weighted by atomic mass is 9.79. The molecule has 6 rings (SSSR count). The van der Waals surface area contributed by atoms with Gasteiger partial charge in [-0.2, -0.15) is 0 Å². The van der Waals surface area contributed by atoms with Crippen LogP contribution >= 0.6 is 0 Å². The number of aryl methyl sites for hydroxylation is 1. The molecule has 0 amide bonds. The van der Waals surface area contributed by atoms with Crippen LogP contribution in [0.1, 0.15) is 31.9 Å². The van der Waals surface area contributed by atoms with Crippen LogP contribution in [-0.4, -0.2) is 10.3 Å². The molecule has 0 atom stereocenters. The van der Waals surface area contributed by atoms with Crippen molar-refractivity contribution < 1.29 is 0 Å². The summed E-state index contributed by atoms with van der Waals surface area (Å²) in [7, 11) is 0. The van der Waals surface area contributed by atoms with Crippen LogP contribution in [0.15, 0.2) is 83.9 Å². The summed E-state index contributed by atoms with van der Waals surface area (Å²) in [6.45, 7) is 7.66. The first-order valence-electron chi connectivity index (χ1n) is 11.6. The Kier molecular flexibility index (Phi) is 4.25. The number of aliphatic imine (C=N–C) groups is 1. The van der Waals surface area contributed by atoms with Crippen molar-refractivity contribution in [3.63, 3.8) is 0 Å². The van der Waals surface area contributed by atoms with Gasteiger partial charge in [0.15, 0.2) is 0 Å². The number of benzene rings is 4. The number of nitrogens with zero attached hydrogens (tertiary/aromatic N) is 2. The van der Waals surface area contributed by atoms with Crippen molar-refractivity contribution in [1.82, 2.24) is 4.57 Å². The smallest absolute Gasteiger partial charge is 0.0681 e. The summed E-state index contributed by atoms with van der Waals surface area (Å²) in [5.74, 6) is 0. The van der Waals surface area contributed by atoms with Gasteiger partial charge in [0.1, 0.15) is 0 Å². The predicted octanol–water partition coefficient (Wildman–Crippen LogP) is 7.63. The number of nitrogen functional groups attached to an aromatic ring is 1. The van der Waals surface area contributed by atoms with E-state index in [1.807, 2.05) is 6.07 Å². The first kappa shape index (κ1) is 19.8. The lowest BCUT2D eigenvalue weighted by Gasteiger charge is -2.22. The zero-order valence-electron chi connectivity index (χ0n) is 19.3. The third-order valence-electron chi connectivity index (χ3n) is 7.08. The number of aromatic nitrogens is 1. The molecule has 5 aromatic rings. The molecule has 0 aliphatic carbocycles. The Morgan fingerprint density at radius 1 is 0.848 bits per heavy atom. The minimum Gasteiger partial charge on any atom is -0.399 e. The van der Waals surface area contributed by atoms with E-state index in [1.54, 1.807) is 0 Å². The monoisotopic (exact) mass is 429 g/mol. The third-order valence-corrected chi connectivity index (χ3v) is 7.08. The van der Waals surface area contributed by atoms with Crippen molar-refractivity contribution in [3.8, 4) is 0 Å². The molecule has 0 spiro atoms. The average molecular weight is 430 g/mol. The largest absolute Gasteiger partial charge is 0.399 e. The highest BCUT2D eigenvalue weighted by atomic mass is 15.0. The van der Waals surface area contributed by atoms with E-state index in [0.717, 1.165) is 23.6 Å². The topological polar surface area (TPSA) is 43.3 Å². The van der Waals surface area contributed by atoms with Crippen LogP contribution in [0, 0.1) is 0 Å². The summed E-state index contributed by atoms with van der Waals surface area (Å²) in [4.78, 5) is 5.02. The van der Waals surface area contributed by atoms with Crippen LogP contribution in [0.25, 0.3) is 38.7 Å². The summed E-state index contributed by atoms with van der Waals surface area (Å²) in [6.07, 6.45) is 4.37. The van der Waals surface area contributed by atoms with Crippen LogP contribution < -0.4 is 5.73 Å². The van der Waals surface area contributed by atoms with Gasteiger partial charge in [0.25, 0.3) is 0 Å². The van der Waals surface area contributed by atoms with Gasteiger partial charge < -0.3 is 10.3 Å².